The normalized spacial score (nSPS) is 13.1. The van der Waals surface area contributed by atoms with Gasteiger partial charge in [0.1, 0.15) is 0 Å². The Balaban J connectivity index is 2.37. The first-order valence-electron chi connectivity index (χ1n) is 6.63. The van der Waals surface area contributed by atoms with E-state index >= 15 is 0 Å². The topological polar surface area (TPSA) is 26.3 Å². The van der Waals surface area contributed by atoms with E-state index in [1.807, 2.05) is 18.2 Å². The predicted molar refractivity (Wildman–Crippen MR) is 73.8 cm³/mol. The zero-order valence-corrected chi connectivity index (χ0v) is 11.5. The SMILES string of the molecule is CCOC(=O)C(Cc1cccc2ccccc12)C(F)(F)F. The summed E-state index contributed by atoms with van der Waals surface area (Å²) in [6.07, 6.45) is -5.03. The van der Waals surface area contributed by atoms with E-state index in [2.05, 4.69) is 4.74 Å². The minimum Gasteiger partial charge on any atom is -0.466 e. The number of hydrogen-bond donors (Lipinski definition) is 0. The molecule has 2 nitrogen and oxygen atoms in total. The van der Waals surface area contributed by atoms with Crippen molar-refractivity contribution in [3.8, 4) is 0 Å². The Morgan fingerprint density at radius 1 is 1.14 bits per heavy atom. The van der Waals surface area contributed by atoms with Gasteiger partial charge in [-0.1, -0.05) is 42.5 Å². The van der Waals surface area contributed by atoms with Crippen LogP contribution in [0.1, 0.15) is 12.5 Å². The summed E-state index contributed by atoms with van der Waals surface area (Å²) in [6, 6.07) is 12.3. The van der Waals surface area contributed by atoms with Crippen LogP contribution in [0.3, 0.4) is 0 Å². The molecule has 0 saturated carbocycles. The molecule has 1 unspecified atom stereocenters. The van der Waals surface area contributed by atoms with Crippen LogP contribution in [0.25, 0.3) is 10.8 Å². The van der Waals surface area contributed by atoms with Gasteiger partial charge in [-0.2, -0.15) is 13.2 Å². The molecule has 5 heteroatoms. The lowest BCUT2D eigenvalue weighted by atomic mass is 9.94. The quantitative estimate of drug-likeness (QED) is 0.793. The van der Waals surface area contributed by atoms with E-state index in [0.717, 1.165) is 10.8 Å². The fourth-order valence-corrected chi connectivity index (χ4v) is 2.27. The molecular weight excluding hydrogens is 281 g/mol. The van der Waals surface area contributed by atoms with E-state index in [4.69, 9.17) is 0 Å². The smallest absolute Gasteiger partial charge is 0.402 e. The van der Waals surface area contributed by atoms with Gasteiger partial charge < -0.3 is 4.74 Å². The van der Waals surface area contributed by atoms with Gasteiger partial charge in [-0.3, -0.25) is 4.79 Å². The van der Waals surface area contributed by atoms with Crippen LogP contribution in [0, 0.1) is 5.92 Å². The van der Waals surface area contributed by atoms with Gasteiger partial charge in [0, 0.05) is 0 Å². The Morgan fingerprint density at radius 2 is 1.81 bits per heavy atom. The van der Waals surface area contributed by atoms with Gasteiger partial charge in [0.15, 0.2) is 5.92 Å². The maximum Gasteiger partial charge on any atom is 0.402 e. The fraction of sp³-hybridized carbons (Fsp3) is 0.312. The second kappa shape index (κ2) is 6.16. The standard InChI is InChI=1S/C16H15F3O2/c1-2-21-15(20)14(16(17,18)19)10-12-8-5-7-11-6-3-4-9-13(11)12/h3-9,14H,2,10H2,1H3. The van der Waals surface area contributed by atoms with E-state index in [1.165, 1.54) is 6.92 Å². The summed E-state index contributed by atoms with van der Waals surface area (Å²) in [6.45, 7) is 1.42. The van der Waals surface area contributed by atoms with Crippen LogP contribution >= 0.6 is 0 Å². The highest BCUT2D eigenvalue weighted by molar-refractivity contribution is 5.86. The second-order valence-corrected chi connectivity index (χ2v) is 4.69. The van der Waals surface area contributed by atoms with E-state index in [1.54, 1.807) is 24.3 Å². The Bertz CT molecular complexity index is 629. The molecule has 0 bridgehead atoms. The van der Waals surface area contributed by atoms with Crippen LogP contribution in [0.2, 0.25) is 0 Å². The maximum atomic E-state index is 13.1. The van der Waals surface area contributed by atoms with Crippen molar-refractivity contribution in [2.24, 2.45) is 5.92 Å². The molecule has 0 aliphatic heterocycles. The average Bonchev–Trinajstić information content (AvgIpc) is 2.43. The highest BCUT2D eigenvalue weighted by Gasteiger charge is 2.45. The molecule has 0 heterocycles. The molecule has 0 N–H and O–H groups in total. The summed E-state index contributed by atoms with van der Waals surface area (Å²) in [7, 11) is 0. The highest BCUT2D eigenvalue weighted by atomic mass is 19.4. The van der Waals surface area contributed by atoms with Crippen LogP contribution in [0.15, 0.2) is 42.5 Å². The minimum atomic E-state index is -4.62. The molecule has 0 amide bonds. The van der Waals surface area contributed by atoms with Crippen LogP contribution in [0.5, 0.6) is 0 Å². The van der Waals surface area contributed by atoms with Crippen molar-refractivity contribution < 1.29 is 22.7 Å². The monoisotopic (exact) mass is 296 g/mol. The summed E-state index contributed by atoms with van der Waals surface area (Å²) in [5.74, 6) is -3.36. The molecule has 2 rings (SSSR count). The van der Waals surface area contributed by atoms with Crippen molar-refractivity contribution in [1.29, 1.82) is 0 Å². The van der Waals surface area contributed by atoms with E-state index in [-0.39, 0.29) is 6.61 Å². The summed E-state index contributed by atoms with van der Waals surface area (Å²) >= 11 is 0. The predicted octanol–water partition coefficient (Wildman–Crippen LogP) is 4.12. The zero-order valence-electron chi connectivity index (χ0n) is 11.5. The maximum absolute atomic E-state index is 13.1. The van der Waals surface area contributed by atoms with Gasteiger partial charge in [-0.25, -0.2) is 0 Å². The summed E-state index contributed by atoms with van der Waals surface area (Å²) in [5.41, 5.74) is 0.489. The molecule has 1 atom stereocenters. The second-order valence-electron chi connectivity index (χ2n) is 4.69. The van der Waals surface area contributed by atoms with Gasteiger partial charge in [-0.15, -0.1) is 0 Å². The van der Waals surface area contributed by atoms with Crippen LogP contribution in [-0.2, 0) is 16.0 Å². The molecule has 0 aromatic heterocycles. The number of carbonyl (C=O) groups excluding carboxylic acids is 1. The molecule has 0 aliphatic carbocycles. The number of fused-ring (bicyclic) bond motifs is 1. The van der Waals surface area contributed by atoms with Gasteiger partial charge in [0.25, 0.3) is 0 Å². The van der Waals surface area contributed by atoms with Crippen LogP contribution in [0.4, 0.5) is 13.2 Å². The number of ether oxygens (including phenoxy) is 1. The van der Waals surface area contributed by atoms with E-state index in [0.29, 0.717) is 5.56 Å². The molecule has 0 spiro atoms. The lowest BCUT2D eigenvalue weighted by Crippen LogP contribution is -2.34. The Labute approximate surface area is 120 Å². The van der Waals surface area contributed by atoms with Gasteiger partial charge >= 0.3 is 12.1 Å². The molecule has 2 aromatic carbocycles. The molecule has 21 heavy (non-hydrogen) atoms. The number of carbonyl (C=O) groups is 1. The van der Waals surface area contributed by atoms with Gasteiger partial charge in [-0.05, 0) is 29.7 Å². The van der Waals surface area contributed by atoms with Crippen molar-refractivity contribution in [2.45, 2.75) is 19.5 Å². The number of alkyl halides is 3. The lowest BCUT2D eigenvalue weighted by molar-refractivity contribution is -0.197. The number of hydrogen-bond acceptors (Lipinski definition) is 2. The molecular formula is C16H15F3O2. The molecule has 0 aliphatic rings. The van der Waals surface area contributed by atoms with Gasteiger partial charge in [0.2, 0.25) is 0 Å². The minimum absolute atomic E-state index is 0.0685. The first kappa shape index (κ1) is 15.4. The Kier molecular flexibility index (Phi) is 4.50. The van der Waals surface area contributed by atoms with Crippen molar-refractivity contribution in [1.82, 2.24) is 0 Å². The zero-order chi connectivity index (χ0) is 15.5. The molecule has 0 fully saturated rings. The third-order valence-corrected chi connectivity index (χ3v) is 3.27. The number of benzene rings is 2. The van der Waals surface area contributed by atoms with Crippen LogP contribution < -0.4 is 0 Å². The summed E-state index contributed by atoms with van der Waals surface area (Å²) in [5, 5.41) is 1.57. The first-order chi connectivity index (χ1) is 9.93. The largest absolute Gasteiger partial charge is 0.466 e. The number of rotatable bonds is 4. The fourth-order valence-electron chi connectivity index (χ4n) is 2.27. The molecule has 0 saturated heterocycles. The molecule has 2 aromatic rings. The third kappa shape index (κ3) is 3.54. The van der Waals surface area contributed by atoms with E-state index in [9.17, 15) is 18.0 Å². The van der Waals surface area contributed by atoms with Crippen LogP contribution in [-0.4, -0.2) is 18.8 Å². The Morgan fingerprint density at radius 3 is 2.48 bits per heavy atom. The van der Waals surface area contributed by atoms with Crippen molar-refractivity contribution >= 4 is 16.7 Å². The summed E-state index contributed by atoms with van der Waals surface area (Å²) < 4.78 is 43.8. The Hall–Kier alpha value is -2.04. The van der Waals surface area contributed by atoms with E-state index < -0.39 is 24.5 Å². The van der Waals surface area contributed by atoms with Crippen molar-refractivity contribution in [2.75, 3.05) is 6.61 Å². The number of esters is 1. The average molecular weight is 296 g/mol. The van der Waals surface area contributed by atoms with Crippen molar-refractivity contribution in [3.63, 3.8) is 0 Å². The molecule has 112 valence electrons. The lowest BCUT2D eigenvalue weighted by Gasteiger charge is -2.19. The summed E-state index contributed by atoms with van der Waals surface area (Å²) in [4.78, 5) is 11.6. The highest BCUT2D eigenvalue weighted by Crippen LogP contribution is 2.32. The molecule has 0 radical (unpaired) electrons. The third-order valence-electron chi connectivity index (χ3n) is 3.27. The number of halogens is 3. The van der Waals surface area contributed by atoms with Gasteiger partial charge in [0.05, 0.1) is 6.61 Å². The first-order valence-corrected chi connectivity index (χ1v) is 6.63. The van der Waals surface area contributed by atoms with Crippen molar-refractivity contribution in [3.05, 3.63) is 48.0 Å².